The van der Waals surface area contributed by atoms with Crippen LogP contribution in [0.5, 0.6) is 5.75 Å². The summed E-state index contributed by atoms with van der Waals surface area (Å²) >= 11 is 1.43. The molecule has 6 nitrogen and oxygen atoms in total. The van der Waals surface area contributed by atoms with Crippen LogP contribution in [0.25, 0.3) is 5.65 Å². The molecule has 7 heteroatoms. The number of rotatable bonds is 4. The monoisotopic (exact) mass is 302 g/mol. The first kappa shape index (κ1) is 13.6. The molecule has 0 aliphatic carbocycles. The lowest BCUT2D eigenvalue weighted by Crippen LogP contribution is -2.20. The average molecular weight is 302 g/mol. The smallest absolute Gasteiger partial charge is 0.264 e. The first-order valence-corrected chi connectivity index (χ1v) is 7.23. The summed E-state index contributed by atoms with van der Waals surface area (Å²) in [7, 11) is 0. The van der Waals surface area contributed by atoms with Crippen molar-refractivity contribution < 1.29 is 9.53 Å². The number of aromatic nitrogens is 3. The molecule has 0 unspecified atom stereocenters. The number of fused-ring (bicyclic) bond motifs is 1. The predicted molar refractivity (Wildman–Crippen MR) is 80.9 cm³/mol. The molecule has 0 aliphatic rings. The van der Waals surface area contributed by atoms with Crippen LogP contribution >= 0.6 is 11.3 Å². The van der Waals surface area contributed by atoms with E-state index in [-0.39, 0.29) is 12.5 Å². The number of thiazole rings is 1. The van der Waals surface area contributed by atoms with Crippen LogP contribution in [0.1, 0.15) is 10.6 Å². The van der Waals surface area contributed by atoms with Gasteiger partial charge in [0.2, 0.25) is 0 Å². The third-order valence-electron chi connectivity index (χ3n) is 2.79. The highest BCUT2D eigenvalue weighted by Gasteiger charge is 2.09. The summed E-state index contributed by atoms with van der Waals surface area (Å²) in [4.78, 5) is 21.3. The standard InChI is InChI=1S/C14H14N4O2S/c1-9-7-18-5-3-4-11(13(18)16-9)20-8-12(19)17-14-15-6-10(2)21-14/h3-7H,8H2,1-2H3,(H,15,17,19). The Hall–Kier alpha value is -2.41. The van der Waals surface area contributed by atoms with E-state index in [1.807, 2.05) is 36.7 Å². The van der Waals surface area contributed by atoms with Crippen molar-refractivity contribution in [2.24, 2.45) is 0 Å². The number of nitrogens with one attached hydrogen (secondary N) is 1. The number of carbonyl (C=O) groups excluding carboxylic acids is 1. The molecular weight excluding hydrogens is 288 g/mol. The van der Waals surface area contributed by atoms with Crippen LogP contribution in [0.15, 0.2) is 30.7 Å². The van der Waals surface area contributed by atoms with E-state index in [1.54, 1.807) is 12.3 Å². The highest BCUT2D eigenvalue weighted by molar-refractivity contribution is 7.15. The molecule has 0 fully saturated rings. The number of ether oxygens (including phenoxy) is 1. The van der Waals surface area contributed by atoms with E-state index in [1.165, 1.54) is 11.3 Å². The summed E-state index contributed by atoms with van der Waals surface area (Å²) in [6.45, 7) is 3.77. The lowest BCUT2D eigenvalue weighted by Gasteiger charge is -2.06. The molecule has 0 aliphatic heterocycles. The summed E-state index contributed by atoms with van der Waals surface area (Å²) in [6, 6.07) is 3.65. The quantitative estimate of drug-likeness (QED) is 0.803. The molecule has 3 heterocycles. The fraction of sp³-hybridized carbons (Fsp3) is 0.214. The van der Waals surface area contributed by atoms with E-state index >= 15 is 0 Å². The molecule has 1 N–H and O–H groups in total. The molecule has 0 saturated carbocycles. The van der Waals surface area contributed by atoms with Crippen LogP contribution in [0.3, 0.4) is 0 Å². The van der Waals surface area contributed by atoms with Gasteiger partial charge in [0.05, 0.1) is 5.69 Å². The lowest BCUT2D eigenvalue weighted by atomic mass is 10.4. The minimum Gasteiger partial charge on any atom is -0.480 e. The molecule has 0 aromatic carbocycles. The Morgan fingerprint density at radius 2 is 2.33 bits per heavy atom. The van der Waals surface area contributed by atoms with Gasteiger partial charge >= 0.3 is 0 Å². The number of nitrogens with zero attached hydrogens (tertiary/aromatic N) is 3. The molecule has 0 atom stereocenters. The Morgan fingerprint density at radius 1 is 1.48 bits per heavy atom. The van der Waals surface area contributed by atoms with Gasteiger partial charge in [-0.25, -0.2) is 9.97 Å². The summed E-state index contributed by atoms with van der Waals surface area (Å²) in [5.74, 6) is 0.339. The van der Waals surface area contributed by atoms with Crippen molar-refractivity contribution in [1.29, 1.82) is 0 Å². The minimum absolute atomic E-state index is 0.0792. The minimum atomic E-state index is -0.241. The van der Waals surface area contributed by atoms with Crippen molar-refractivity contribution >= 4 is 28.0 Å². The van der Waals surface area contributed by atoms with Crippen LogP contribution in [0.4, 0.5) is 5.13 Å². The molecule has 0 spiro atoms. The number of aryl methyl sites for hydroxylation is 2. The summed E-state index contributed by atoms with van der Waals surface area (Å²) in [5.41, 5.74) is 1.60. The number of amides is 1. The van der Waals surface area contributed by atoms with Crippen molar-refractivity contribution in [3.05, 3.63) is 41.3 Å². The van der Waals surface area contributed by atoms with Crippen molar-refractivity contribution in [3.63, 3.8) is 0 Å². The number of anilines is 1. The van der Waals surface area contributed by atoms with E-state index in [0.29, 0.717) is 16.5 Å². The largest absolute Gasteiger partial charge is 0.480 e. The number of hydrogen-bond acceptors (Lipinski definition) is 5. The van der Waals surface area contributed by atoms with Crippen LogP contribution in [0, 0.1) is 13.8 Å². The Morgan fingerprint density at radius 3 is 3.10 bits per heavy atom. The van der Waals surface area contributed by atoms with Gasteiger partial charge in [0, 0.05) is 23.5 Å². The van der Waals surface area contributed by atoms with Gasteiger partial charge in [-0.05, 0) is 26.0 Å². The van der Waals surface area contributed by atoms with Gasteiger partial charge in [0.25, 0.3) is 5.91 Å². The summed E-state index contributed by atoms with van der Waals surface area (Å²) < 4.78 is 7.42. The molecular formula is C14H14N4O2S. The maximum atomic E-state index is 11.8. The third kappa shape index (κ3) is 3.03. The van der Waals surface area contributed by atoms with E-state index in [9.17, 15) is 4.79 Å². The normalized spacial score (nSPS) is 10.8. The van der Waals surface area contributed by atoms with E-state index in [4.69, 9.17) is 4.74 Å². The predicted octanol–water partition coefficient (Wildman–Crippen LogP) is 2.43. The van der Waals surface area contributed by atoms with Gasteiger partial charge in [-0.3, -0.25) is 10.1 Å². The summed E-state index contributed by atoms with van der Waals surface area (Å²) in [6.07, 6.45) is 5.51. The zero-order valence-corrected chi connectivity index (χ0v) is 12.5. The van der Waals surface area contributed by atoms with E-state index in [0.717, 1.165) is 10.6 Å². The topological polar surface area (TPSA) is 68.5 Å². The Labute approximate surface area is 125 Å². The second-order valence-corrected chi connectivity index (χ2v) is 5.83. The fourth-order valence-electron chi connectivity index (χ4n) is 1.93. The zero-order valence-electron chi connectivity index (χ0n) is 11.7. The number of pyridine rings is 1. The molecule has 3 aromatic heterocycles. The van der Waals surface area contributed by atoms with E-state index < -0.39 is 0 Å². The van der Waals surface area contributed by atoms with Crippen molar-refractivity contribution in [2.75, 3.05) is 11.9 Å². The Bertz CT molecular complexity index is 793. The average Bonchev–Trinajstić information content (AvgIpc) is 3.01. The third-order valence-corrected chi connectivity index (χ3v) is 3.62. The second kappa shape index (κ2) is 5.53. The van der Waals surface area contributed by atoms with Crippen LogP contribution < -0.4 is 10.1 Å². The van der Waals surface area contributed by atoms with Crippen LogP contribution in [0.2, 0.25) is 0 Å². The maximum absolute atomic E-state index is 11.8. The van der Waals surface area contributed by atoms with Gasteiger partial charge < -0.3 is 9.14 Å². The first-order chi connectivity index (χ1) is 10.1. The van der Waals surface area contributed by atoms with Crippen molar-refractivity contribution in [3.8, 4) is 5.75 Å². The maximum Gasteiger partial charge on any atom is 0.264 e. The van der Waals surface area contributed by atoms with Gasteiger partial charge in [-0.15, -0.1) is 11.3 Å². The molecule has 0 bridgehead atoms. The lowest BCUT2D eigenvalue weighted by molar-refractivity contribution is -0.118. The van der Waals surface area contributed by atoms with Gasteiger partial charge in [-0.1, -0.05) is 0 Å². The van der Waals surface area contributed by atoms with E-state index in [2.05, 4.69) is 15.3 Å². The number of imidazole rings is 1. The molecule has 21 heavy (non-hydrogen) atoms. The zero-order chi connectivity index (χ0) is 14.8. The molecule has 3 aromatic rings. The molecule has 108 valence electrons. The molecule has 0 saturated heterocycles. The van der Waals surface area contributed by atoms with Crippen molar-refractivity contribution in [1.82, 2.24) is 14.4 Å². The number of hydrogen-bond donors (Lipinski definition) is 1. The first-order valence-electron chi connectivity index (χ1n) is 6.41. The molecule has 0 radical (unpaired) electrons. The summed E-state index contributed by atoms with van der Waals surface area (Å²) in [5, 5.41) is 3.28. The van der Waals surface area contributed by atoms with Gasteiger partial charge in [-0.2, -0.15) is 0 Å². The van der Waals surface area contributed by atoms with Crippen LogP contribution in [-0.2, 0) is 4.79 Å². The number of carbonyl (C=O) groups is 1. The second-order valence-electron chi connectivity index (χ2n) is 4.60. The Kier molecular flexibility index (Phi) is 3.57. The highest BCUT2D eigenvalue weighted by atomic mass is 32.1. The highest BCUT2D eigenvalue weighted by Crippen LogP contribution is 2.19. The van der Waals surface area contributed by atoms with Gasteiger partial charge in [0.1, 0.15) is 0 Å². The van der Waals surface area contributed by atoms with Crippen LogP contribution in [-0.4, -0.2) is 26.9 Å². The van der Waals surface area contributed by atoms with Crippen molar-refractivity contribution in [2.45, 2.75) is 13.8 Å². The molecule has 1 amide bonds. The SMILES string of the molecule is Cc1cn2cccc(OCC(=O)Nc3ncc(C)s3)c2n1. The van der Waals surface area contributed by atoms with Gasteiger partial charge in [0.15, 0.2) is 23.1 Å². The fourth-order valence-corrected chi connectivity index (χ4v) is 2.61. The Balaban J connectivity index is 1.67. The molecule has 3 rings (SSSR count).